The molecular weight excluding hydrogens is 368 g/mol. The second-order valence-corrected chi connectivity index (χ2v) is 6.35. The molecule has 0 aliphatic heterocycles. The number of hydrogen-bond donors (Lipinski definition) is 2. The van der Waals surface area contributed by atoms with Crippen molar-refractivity contribution in [3.05, 3.63) is 64.9 Å². The summed E-state index contributed by atoms with van der Waals surface area (Å²) < 4.78 is 10.6. The lowest BCUT2D eigenvalue weighted by atomic mass is 10.1. The molecule has 0 spiro atoms. The van der Waals surface area contributed by atoms with E-state index in [9.17, 15) is 9.59 Å². The Hall–Kier alpha value is -2.99. The number of nitrogens with one attached hydrogen (secondary N) is 2. The average Bonchev–Trinajstić information content (AvgIpc) is 3.07. The summed E-state index contributed by atoms with van der Waals surface area (Å²) in [6.07, 6.45) is 1.77. The summed E-state index contributed by atoms with van der Waals surface area (Å²) >= 11 is 5.80. The number of fused-ring (bicyclic) bond motifs is 1. The Morgan fingerprint density at radius 3 is 2.56 bits per heavy atom. The van der Waals surface area contributed by atoms with Crippen LogP contribution in [0.1, 0.15) is 15.9 Å². The minimum atomic E-state index is -0.212. The molecule has 2 amide bonds. The molecular formula is C20H19ClN2O4. The van der Waals surface area contributed by atoms with Gasteiger partial charge in [0.25, 0.3) is 5.91 Å². The molecule has 140 valence electrons. The predicted octanol–water partition coefficient (Wildman–Crippen LogP) is 3.18. The lowest BCUT2D eigenvalue weighted by Crippen LogP contribution is -2.35. The predicted molar refractivity (Wildman–Crippen MR) is 103 cm³/mol. The maximum atomic E-state index is 12.1. The number of ether oxygens (including phenoxy) is 1. The summed E-state index contributed by atoms with van der Waals surface area (Å²) in [6.45, 7) is 0.665. The summed E-state index contributed by atoms with van der Waals surface area (Å²) in [6, 6.07) is 12.1. The van der Waals surface area contributed by atoms with Gasteiger partial charge in [-0.3, -0.25) is 9.59 Å². The molecule has 0 unspecified atom stereocenters. The van der Waals surface area contributed by atoms with Crippen molar-refractivity contribution in [3.63, 3.8) is 0 Å². The monoisotopic (exact) mass is 386 g/mol. The van der Waals surface area contributed by atoms with Crippen molar-refractivity contribution >= 4 is 34.4 Å². The summed E-state index contributed by atoms with van der Waals surface area (Å²) in [7, 11) is 1.59. The number of furan rings is 1. The SMILES string of the molecule is COc1ccc2c(CC(=O)NCCNC(=O)c3ccc(Cl)cc3)coc2c1. The van der Waals surface area contributed by atoms with Gasteiger partial charge in [-0.05, 0) is 36.4 Å². The number of hydrogen-bond acceptors (Lipinski definition) is 4. The Morgan fingerprint density at radius 1 is 1.07 bits per heavy atom. The van der Waals surface area contributed by atoms with Gasteiger partial charge in [-0.1, -0.05) is 11.6 Å². The Bertz CT molecular complexity index is 950. The molecule has 0 saturated carbocycles. The van der Waals surface area contributed by atoms with Crippen LogP contribution >= 0.6 is 11.6 Å². The first-order valence-corrected chi connectivity index (χ1v) is 8.79. The lowest BCUT2D eigenvalue weighted by molar-refractivity contribution is -0.120. The van der Waals surface area contributed by atoms with E-state index in [4.69, 9.17) is 20.8 Å². The van der Waals surface area contributed by atoms with E-state index < -0.39 is 0 Å². The second kappa shape index (κ2) is 8.60. The fourth-order valence-electron chi connectivity index (χ4n) is 2.64. The Kier molecular flexibility index (Phi) is 5.98. The van der Waals surface area contributed by atoms with E-state index in [0.717, 1.165) is 10.9 Å². The Labute approximate surface area is 161 Å². The van der Waals surface area contributed by atoms with Crippen LogP contribution in [0.5, 0.6) is 5.75 Å². The molecule has 0 saturated heterocycles. The number of halogens is 1. The van der Waals surface area contributed by atoms with E-state index in [0.29, 0.717) is 35.0 Å². The molecule has 0 atom stereocenters. The molecule has 2 aromatic carbocycles. The highest BCUT2D eigenvalue weighted by atomic mass is 35.5. The third-order valence-corrected chi connectivity index (χ3v) is 4.31. The molecule has 3 aromatic rings. The smallest absolute Gasteiger partial charge is 0.251 e. The fraction of sp³-hybridized carbons (Fsp3) is 0.200. The number of carbonyl (C=O) groups is 2. The first-order chi connectivity index (χ1) is 13.1. The Balaban J connectivity index is 1.46. The van der Waals surface area contributed by atoms with Gasteiger partial charge >= 0.3 is 0 Å². The maximum absolute atomic E-state index is 12.1. The fourth-order valence-corrected chi connectivity index (χ4v) is 2.77. The number of benzene rings is 2. The van der Waals surface area contributed by atoms with E-state index in [1.165, 1.54) is 0 Å². The lowest BCUT2D eigenvalue weighted by Gasteiger charge is -2.07. The average molecular weight is 387 g/mol. The molecule has 27 heavy (non-hydrogen) atoms. The van der Waals surface area contributed by atoms with Crippen LogP contribution in [0.4, 0.5) is 0 Å². The van der Waals surface area contributed by atoms with Crippen molar-refractivity contribution in [2.24, 2.45) is 0 Å². The van der Waals surface area contributed by atoms with E-state index in [-0.39, 0.29) is 18.2 Å². The molecule has 6 nitrogen and oxygen atoms in total. The van der Waals surface area contributed by atoms with Crippen molar-refractivity contribution in [1.82, 2.24) is 10.6 Å². The Morgan fingerprint density at radius 2 is 1.81 bits per heavy atom. The van der Waals surface area contributed by atoms with Gasteiger partial charge in [0.2, 0.25) is 5.91 Å². The minimum absolute atomic E-state index is 0.144. The second-order valence-electron chi connectivity index (χ2n) is 5.91. The molecule has 0 aliphatic carbocycles. The van der Waals surface area contributed by atoms with Gasteiger partial charge < -0.3 is 19.8 Å². The van der Waals surface area contributed by atoms with E-state index in [1.54, 1.807) is 43.7 Å². The highest BCUT2D eigenvalue weighted by molar-refractivity contribution is 6.30. The van der Waals surface area contributed by atoms with Crippen LogP contribution in [-0.4, -0.2) is 32.0 Å². The van der Waals surface area contributed by atoms with Gasteiger partial charge in [0.1, 0.15) is 11.3 Å². The number of amides is 2. The molecule has 0 radical (unpaired) electrons. The van der Waals surface area contributed by atoms with Gasteiger partial charge in [0.05, 0.1) is 19.8 Å². The van der Waals surface area contributed by atoms with E-state index >= 15 is 0 Å². The summed E-state index contributed by atoms with van der Waals surface area (Å²) in [5.41, 5.74) is 1.99. The summed E-state index contributed by atoms with van der Waals surface area (Å²) in [5, 5.41) is 6.98. The van der Waals surface area contributed by atoms with Gasteiger partial charge in [0.15, 0.2) is 0 Å². The molecule has 2 N–H and O–H groups in total. The normalized spacial score (nSPS) is 10.6. The molecule has 0 aliphatic rings. The highest BCUT2D eigenvalue weighted by Crippen LogP contribution is 2.25. The van der Waals surface area contributed by atoms with Crippen LogP contribution in [-0.2, 0) is 11.2 Å². The highest BCUT2D eigenvalue weighted by Gasteiger charge is 2.11. The van der Waals surface area contributed by atoms with E-state index in [1.807, 2.05) is 12.1 Å². The zero-order valence-electron chi connectivity index (χ0n) is 14.8. The summed E-state index contributed by atoms with van der Waals surface area (Å²) in [4.78, 5) is 24.1. The van der Waals surface area contributed by atoms with Crippen LogP contribution in [0.3, 0.4) is 0 Å². The molecule has 1 aromatic heterocycles. The molecule has 0 bridgehead atoms. The van der Waals surface area contributed by atoms with Crippen molar-refractivity contribution in [2.75, 3.05) is 20.2 Å². The van der Waals surface area contributed by atoms with E-state index in [2.05, 4.69) is 10.6 Å². The topological polar surface area (TPSA) is 80.6 Å². The first kappa shape index (κ1) is 18.8. The van der Waals surface area contributed by atoms with Gasteiger partial charge in [-0.2, -0.15) is 0 Å². The number of methoxy groups -OCH3 is 1. The van der Waals surface area contributed by atoms with Crippen molar-refractivity contribution < 1.29 is 18.7 Å². The maximum Gasteiger partial charge on any atom is 0.251 e. The zero-order valence-corrected chi connectivity index (χ0v) is 15.5. The van der Waals surface area contributed by atoms with Crippen molar-refractivity contribution in [1.29, 1.82) is 0 Å². The van der Waals surface area contributed by atoms with Crippen LogP contribution in [0.15, 0.2) is 53.1 Å². The standard InChI is InChI=1S/C20H19ClN2O4/c1-26-16-6-7-17-14(12-27-18(17)11-16)10-19(24)22-8-9-23-20(25)13-2-4-15(21)5-3-13/h2-7,11-12H,8-10H2,1H3,(H,22,24)(H,23,25). The van der Waals surface area contributed by atoms with Crippen LogP contribution < -0.4 is 15.4 Å². The minimum Gasteiger partial charge on any atom is -0.497 e. The molecule has 3 rings (SSSR count). The first-order valence-electron chi connectivity index (χ1n) is 8.41. The van der Waals surface area contributed by atoms with Gasteiger partial charge in [0, 0.05) is 40.7 Å². The number of rotatable bonds is 7. The molecule has 1 heterocycles. The summed E-state index contributed by atoms with van der Waals surface area (Å²) in [5.74, 6) is 0.342. The van der Waals surface area contributed by atoms with Gasteiger partial charge in [-0.25, -0.2) is 0 Å². The number of carbonyl (C=O) groups excluding carboxylic acids is 2. The zero-order chi connectivity index (χ0) is 19.2. The van der Waals surface area contributed by atoms with Crippen LogP contribution in [0, 0.1) is 0 Å². The van der Waals surface area contributed by atoms with Gasteiger partial charge in [-0.15, -0.1) is 0 Å². The van der Waals surface area contributed by atoms with Crippen LogP contribution in [0.2, 0.25) is 5.02 Å². The van der Waals surface area contributed by atoms with Crippen LogP contribution in [0.25, 0.3) is 11.0 Å². The largest absolute Gasteiger partial charge is 0.497 e. The molecule has 7 heteroatoms. The van der Waals surface area contributed by atoms with Crippen molar-refractivity contribution in [3.8, 4) is 5.75 Å². The quantitative estimate of drug-likeness (QED) is 0.611. The van der Waals surface area contributed by atoms with Crippen molar-refractivity contribution in [2.45, 2.75) is 6.42 Å². The third kappa shape index (κ3) is 4.80. The molecule has 0 fully saturated rings. The third-order valence-electron chi connectivity index (χ3n) is 4.05.